The van der Waals surface area contributed by atoms with Gasteiger partial charge in [0.05, 0.1) is 10.0 Å². The van der Waals surface area contributed by atoms with Crippen molar-refractivity contribution in [2.45, 2.75) is 31.7 Å². The molecule has 1 aromatic carbocycles. The number of hydrogen-bond acceptors (Lipinski definition) is 4. The number of halogens is 3. The standard InChI is InChI=1S/C14H14BrF2N3O/c1-2-14(6-3-7-18-14)13-19-12(20-21-13)8-4-5-9(16)11(17)10(8)15/h4-5,18H,2-3,6-7H2,1H3. The van der Waals surface area contributed by atoms with Gasteiger partial charge in [0.2, 0.25) is 11.7 Å². The highest BCUT2D eigenvalue weighted by molar-refractivity contribution is 9.10. The molecule has 2 heterocycles. The molecule has 2 aromatic rings. The minimum absolute atomic E-state index is 0.000204. The highest BCUT2D eigenvalue weighted by Crippen LogP contribution is 2.35. The van der Waals surface area contributed by atoms with Crippen LogP contribution in [0.4, 0.5) is 8.78 Å². The van der Waals surface area contributed by atoms with Crippen LogP contribution in [0, 0.1) is 11.6 Å². The number of aromatic nitrogens is 2. The quantitative estimate of drug-likeness (QED) is 0.849. The van der Waals surface area contributed by atoms with Crippen molar-refractivity contribution in [2.75, 3.05) is 6.54 Å². The number of hydrogen-bond donors (Lipinski definition) is 1. The van der Waals surface area contributed by atoms with Crippen LogP contribution in [0.15, 0.2) is 21.1 Å². The Hall–Kier alpha value is -1.34. The molecule has 1 N–H and O–H groups in total. The summed E-state index contributed by atoms with van der Waals surface area (Å²) in [5, 5.41) is 7.30. The first-order valence-electron chi connectivity index (χ1n) is 6.80. The molecule has 1 aliphatic rings. The first-order valence-corrected chi connectivity index (χ1v) is 7.60. The van der Waals surface area contributed by atoms with Gasteiger partial charge in [0.25, 0.3) is 0 Å². The van der Waals surface area contributed by atoms with Crippen molar-refractivity contribution >= 4 is 15.9 Å². The Morgan fingerprint density at radius 2 is 2.24 bits per heavy atom. The molecular weight excluding hydrogens is 344 g/mol. The van der Waals surface area contributed by atoms with Gasteiger partial charge in [0.15, 0.2) is 11.6 Å². The maximum Gasteiger partial charge on any atom is 0.247 e. The van der Waals surface area contributed by atoms with Gasteiger partial charge in [-0.15, -0.1) is 0 Å². The normalized spacial score (nSPS) is 21.9. The Balaban J connectivity index is 2.01. The lowest BCUT2D eigenvalue weighted by atomic mass is 9.94. The summed E-state index contributed by atoms with van der Waals surface area (Å²) in [6.45, 7) is 2.95. The van der Waals surface area contributed by atoms with Crippen molar-refractivity contribution in [2.24, 2.45) is 0 Å². The van der Waals surface area contributed by atoms with Gasteiger partial charge >= 0.3 is 0 Å². The van der Waals surface area contributed by atoms with Gasteiger partial charge in [-0.25, -0.2) is 8.78 Å². The third-order valence-corrected chi connectivity index (χ3v) is 4.73. The summed E-state index contributed by atoms with van der Waals surface area (Å²) in [6, 6.07) is 2.48. The molecule has 4 nitrogen and oxygen atoms in total. The van der Waals surface area contributed by atoms with Crippen molar-refractivity contribution in [1.29, 1.82) is 0 Å². The van der Waals surface area contributed by atoms with Crippen LogP contribution < -0.4 is 5.32 Å². The van der Waals surface area contributed by atoms with E-state index in [2.05, 4.69) is 38.3 Å². The second-order valence-corrected chi connectivity index (χ2v) is 5.91. The van der Waals surface area contributed by atoms with E-state index >= 15 is 0 Å². The number of benzene rings is 1. The molecule has 0 spiro atoms. The van der Waals surface area contributed by atoms with Gasteiger partial charge in [-0.1, -0.05) is 12.1 Å². The third-order valence-electron chi connectivity index (χ3n) is 3.96. The summed E-state index contributed by atoms with van der Waals surface area (Å²) in [6.07, 6.45) is 2.79. The molecule has 0 bridgehead atoms. The zero-order valence-corrected chi connectivity index (χ0v) is 13.0. The summed E-state index contributed by atoms with van der Waals surface area (Å²) in [5.74, 6) is -1.13. The summed E-state index contributed by atoms with van der Waals surface area (Å²) in [5.41, 5.74) is 0.0594. The highest BCUT2D eigenvalue weighted by Gasteiger charge is 2.39. The molecular formula is C14H14BrF2N3O. The first kappa shape index (κ1) is 14.6. The van der Waals surface area contributed by atoms with Crippen LogP contribution in [0.2, 0.25) is 0 Å². The number of nitrogens with one attached hydrogen (secondary N) is 1. The van der Waals surface area contributed by atoms with Crippen LogP contribution in [-0.2, 0) is 5.54 Å². The average molecular weight is 358 g/mol. The molecule has 1 unspecified atom stereocenters. The molecule has 0 saturated carbocycles. The smallest absolute Gasteiger partial charge is 0.247 e. The minimum atomic E-state index is -0.956. The molecule has 1 atom stereocenters. The predicted molar refractivity (Wildman–Crippen MR) is 76.6 cm³/mol. The Kier molecular flexibility index (Phi) is 3.79. The van der Waals surface area contributed by atoms with Gasteiger partial charge in [-0.2, -0.15) is 4.98 Å². The maximum atomic E-state index is 13.6. The monoisotopic (exact) mass is 357 g/mol. The van der Waals surface area contributed by atoms with E-state index in [9.17, 15) is 8.78 Å². The Morgan fingerprint density at radius 1 is 1.43 bits per heavy atom. The van der Waals surface area contributed by atoms with E-state index in [0.29, 0.717) is 11.5 Å². The van der Waals surface area contributed by atoms with E-state index in [0.717, 1.165) is 31.9 Å². The Bertz CT molecular complexity index is 668. The minimum Gasteiger partial charge on any atom is -0.337 e. The lowest BCUT2D eigenvalue weighted by Gasteiger charge is -2.22. The summed E-state index contributed by atoms with van der Waals surface area (Å²) in [4.78, 5) is 4.38. The Labute approximate surface area is 129 Å². The van der Waals surface area contributed by atoms with Crippen LogP contribution in [0.25, 0.3) is 11.4 Å². The van der Waals surface area contributed by atoms with E-state index in [1.165, 1.54) is 6.07 Å². The van der Waals surface area contributed by atoms with Crippen molar-refractivity contribution in [3.8, 4) is 11.4 Å². The number of rotatable bonds is 3. The summed E-state index contributed by atoms with van der Waals surface area (Å²) in [7, 11) is 0. The fourth-order valence-corrected chi connectivity index (χ4v) is 3.17. The average Bonchev–Trinajstić information content (AvgIpc) is 3.14. The largest absolute Gasteiger partial charge is 0.337 e. The lowest BCUT2D eigenvalue weighted by molar-refractivity contribution is 0.250. The van der Waals surface area contributed by atoms with Gasteiger partial charge in [-0.3, -0.25) is 0 Å². The topological polar surface area (TPSA) is 51.0 Å². The molecule has 7 heteroatoms. The molecule has 1 aliphatic heterocycles. The third kappa shape index (κ3) is 2.38. The van der Waals surface area contributed by atoms with Crippen molar-refractivity contribution < 1.29 is 13.3 Å². The fourth-order valence-electron chi connectivity index (χ4n) is 2.67. The van der Waals surface area contributed by atoms with Gasteiger partial charge in [-0.05, 0) is 53.9 Å². The molecule has 0 amide bonds. The molecule has 21 heavy (non-hydrogen) atoms. The summed E-state index contributed by atoms with van der Waals surface area (Å²) < 4.78 is 32.1. The molecule has 112 valence electrons. The van der Waals surface area contributed by atoms with E-state index in [4.69, 9.17) is 4.52 Å². The van der Waals surface area contributed by atoms with Crippen LogP contribution in [0.5, 0.6) is 0 Å². The summed E-state index contributed by atoms with van der Waals surface area (Å²) >= 11 is 3.04. The van der Waals surface area contributed by atoms with E-state index in [1.54, 1.807) is 0 Å². The van der Waals surface area contributed by atoms with Gasteiger partial charge < -0.3 is 9.84 Å². The van der Waals surface area contributed by atoms with E-state index in [-0.39, 0.29) is 15.8 Å². The van der Waals surface area contributed by atoms with Crippen LogP contribution in [0.3, 0.4) is 0 Å². The molecule has 3 rings (SSSR count). The van der Waals surface area contributed by atoms with Crippen molar-refractivity contribution in [3.05, 3.63) is 34.1 Å². The van der Waals surface area contributed by atoms with Crippen LogP contribution >= 0.6 is 15.9 Å². The van der Waals surface area contributed by atoms with Crippen LogP contribution in [0.1, 0.15) is 32.1 Å². The lowest BCUT2D eigenvalue weighted by Crippen LogP contribution is -2.36. The second-order valence-electron chi connectivity index (χ2n) is 5.11. The van der Waals surface area contributed by atoms with Gasteiger partial charge in [0.1, 0.15) is 0 Å². The zero-order valence-electron chi connectivity index (χ0n) is 11.4. The van der Waals surface area contributed by atoms with Crippen LogP contribution in [-0.4, -0.2) is 16.7 Å². The molecule has 0 aliphatic carbocycles. The molecule has 1 aromatic heterocycles. The number of nitrogens with zero attached hydrogens (tertiary/aromatic N) is 2. The predicted octanol–water partition coefficient (Wildman–Crippen LogP) is 3.77. The van der Waals surface area contributed by atoms with Gasteiger partial charge in [0, 0.05) is 5.56 Å². The fraction of sp³-hybridized carbons (Fsp3) is 0.429. The van der Waals surface area contributed by atoms with E-state index < -0.39 is 11.6 Å². The van der Waals surface area contributed by atoms with E-state index in [1.807, 2.05) is 0 Å². The Morgan fingerprint density at radius 3 is 2.90 bits per heavy atom. The second kappa shape index (κ2) is 5.46. The van der Waals surface area contributed by atoms with Crippen molar-refractivity contribution in [1.82, 2.24) is 15.5 Å². The highest BCUT2D eigenvalue weighted by atomic mass is 79.9. The molecule has 1 fully saturated rings. The van der Waals surface area contributed by atoms with Crippen molar-refractivity contribution in [3.63, 3.8) is 0 Å². The zero-order chi connectivity index (χ0) is 15.0. The molecule has 0 radical (unpaired) electrons. The SMILES string of the molecule is CCC1(c2nc(-c3ccc(F)c(F)c3Br)no2)CCCN1. The maximum absolute atomic E-state index is 13.6. The molecule has 1 saturated heterocycles. The first-order chi connectivity index (χ1) is 10.1.